The number of aryl methyl sites for hydroxylation is 1. The number of imide groups is 1. The molecule has 2 heterocycles. The number of esters is 1. The Hall–Kier alpha value is -3.94. The van der Waals surface area contributed by atoms with Gasteiger partial charge in [-0.3, -0.25) is 9.48 Å². The first-order chi connectivity index (χ1) is 15.0. The lowest BCUT2D eigenvalue weighted by molar-refractivity contribution is -0.131. The highest BCUT2D eigenvalue weighted by molar-refractivity contribution is 5.98. The molecule has 0 atom stereocenters. The molecule has 0 radical (unpaired) electrons. The average molecular weight is 419 g/mol. The number of amides is 2. The van der Waals surface area contributed by atoms with Crippen molar-refractivity contribution in [3.8, 4) is 11.3 Å². The minimum atomic E-state index is -0.725. The second-order valence-electron chi connectivity index (χ2n) is 7.18. The van der Waals surface area contributed by atoms with E-state index < -0.39 is 24.6 Å². The van der Waals surface area contributed by atoms with Gasteiger partial charge in [0.25, 0.3) is 5.91 Å². The van der Waals surface area contributed by atoms with Crippen molar-refractivity contribution in [2.45, 2.75) is 13.5 Å². The molecule has 0 unspecified atom stereocenters. The molecule has 0 aliphatic carbocycles. The Morgan fingerprint density at radius 1 is 1.10 bits per heavy atom. The average Bonchev–Trinajstić information content (AvgIpc) is 3.39. The van der Waals surface area contributed by atoms with Crippen molar-refractivity contribution in [3.63, 3.8) is 0 Å². The fourth-order valence-corrected chi connectivity index (χ4v) is 3.25. The fourth-order valence-electron chi connectivity index (χ4n) is 3.25. The van der Waals surface area contributed by atoms with Crippen molar-refractivity contribution in [3.05, 3.63) is 77.5 Å². The molecule has 0 spiro atoms. The maximum Gasteiger partial charge on any atom is 0.416 e. The number of hydrogen-bond donors (Lipinski definition) is 0. The lowest BCUT2D eigenvalue weighted by atomic mass is 10.1. The van der Waals surface area contributed by atoms with Crippen LogP contribution in [0.25, 0.3) is 11.3 Å². The van der Waals surface area contributed by atoms with Gasteiger partial charge in [0.2, 0.25) is 0 Å². The molecule has 0 saturated carbocycles. The largest absolute Gasteiger partial charge is 0.452 e. The third kappa shape index (κ3) is 4.63. The van der Waals surface area contributed by atoms with Crippen LogP contribution in [-0.4, -0.2) is 52.4 Å². The zero-order valence-corrected chi connectivity index (χ0v) is 17.0. The summed E-state index contributed by atoms with van der Waals surface area (Å²) in [5, 5.41) is 4.59. The molecular formula is C23H21N3O5. The topological polar surface area (TPSA) is 90.7 Å². The first kappa shape index (κ1) is 20.3. The fraction of sp³-hybridized carbons (Fsp3) is 0.217. The highest BCUT2D eigenvalue weighted by Crippen LogP contribution is 2.24. The van der Waals surface area contributed by atoms with Gasteiger partial charge in [0.1, 0.15) is 17.9 Å². The maximum atomic E-state index is 12.8. The van der Waals surface area contributed by atoms with Gasteiger partial charge in [-0.15, -0.1) is 0 Å². The third-order valence-electron chi connectivity index (χ3n) is 4.88. The number of ether oxygens (including phenoxy) is 2. The van der Waals surface area contributed by atoms with E-state index >= 15 is 0 Å². The number of rotatable bonds is 6. The lowest BCUT2D eigenvalue weighted by Gasteiger charge is -2.10. The molecule has 2 aromatic carbocycles. The summed E-state index contributed by atoms with van der Waals surface area (Å²) in [7, 11) is 0. The first-order valence-electron chi connectivity index (χ1n) is 9.84. The molecule has 3 aromatic rings. The Balaban J connectivity index is 1.56. The number of benzene rings is 2. The van der Waals surface area contributed by atoms with E-state index in [1.54, 1.807) is 10.9 Å². The smallest absolute Gasteiger partial charge is 0.416 e. The molecule has 1 fully saturated rings. The summed E-state index contributed by atoms with van der Waals surface area (Å²) in [6.07, 6.45) is 0.885. The highest BCUT2D eigenvalue weighted by Gasteiger charge is 2.29. The van der Waals surface area contributed by atoms with Gasteiger partial charge >= 0.3 is 12.1 Å². The summed E-state index contributed by atoms with van der Waals surface area (Å²) in [4.78, 5) is 37.4. The highest BCUT2D eigenvalue weighted by atomic mass is 16.6. The predicted octanol–water partition coefficient (Wildman–Crippen LogP) is 3.04. The van der Waals surface area contributed by atoms with Crippen molar-refractivity contribution in [1.29, 1.82) is 0 Å². The molecule has 1 saturated heterocycles. The van der Waals surface area contributed by atoms with Crippen molar-refractivity contribution in [1.82, 2.24) is 14.7 Å². The summed E-state index contributed by atoms with van der Waals surface area (Å²) >= 11 is 0. The Morgan fingerprint density at radius 2 is 1.84 bits per heavy atom. The van der Waals surface area contributed by atoms with Crippen LogP contribution in [0.2, 0.25) is 0 Å². The zero-order valence-electron chi connectivity index (χ0n) is 17.0. The molecule has 0 bridgehead atoms. The standard InChI is InChI=1S/C23H21N3O5/c1-16-7-9-18(10-8-16)21-19(14-25(24-21)13-17-5-3-2-4-6-17)22(28)31-15-20(27)26-11-12-30-23(26)29/h2-10,14H,11-13,15H2,1H3. The minimum absolute atomic E-state index is 0.141. The van der Waals surface area contributed by atoms with Gasteiger partial charge in [0.05, 0.1) is 13.1 Å². The van der Waals surface area contributed by atoms with E-state index in [1.165, 1.54) is 0 Å². The summed E-state index contributed by atoms with van der Waals surface area (Å²) in [6.45, 7) is 2.19. The Labute approximate surface area is 179 Å². The van der Waals surface area contributed by atoms with Crippen molar-refractivity contribution in [2.75, 3.05) is 19.8 Å². The summed E-state index contributed by atoms with van der Waals surface area (Å²) in [5.74, 6) is -1.31. The van der Waals surface area contributed by atoms with Crippen molar-refractivity contribution < 1.29 is 23.9 Å². The van der Waals surface area contributed by atoms with Gasteiger partial charge in [-0.2, -0.15) is 5.10 Å². The molecule has 1 aliphatic heterocycles. The molecule has 4 rings (SSSR count). The van der Waals surface area contributed by atoms with Gasteiger partial charge in [0.15, 0.2) is 6.61 Å². The summed E-state index contributed by atoms with van der Waals surface area (Å²) in [5.41, 5.74) is 3.59. The van der Waals surface area contributed by atoms with Crippen LogP contribution in [0.1, 0.15) is 21.5 Å². The van der Waals surface area contributed by atoms with Crippen LogP contribution in [0.4, 0.5) is 4.79 Å². The number of carbonyl (C=O) groups is 3. The SMILES string of the molecule is Cc1ccc(-c2nn(Cc3ccccc3)cc2C(=O)OCC(=O)N2CCOC2=O)cc1. The molecular weight excluding hydrogens is 398 g/mol. The monoisotopic (exact) mass is 419 g/mol. The molecule has 158 valence electrons. The van der Waals surface area contributed by atoms with E-state index in [4.69, 9.17) is 9.47 Å². The van der Waals surface area contributed by atoms with Crippen LogP contribution in [-0.2, 0) is 20.8 Å². The second-order valence-corrected chi connectivity index (χ2v) is 7.18. The van der Waals surface area contributed by atoms with Crippen LogP contribution < -0.4 is 0 Å². The van der Waals surface area contributed by atoms with Gasteiger partial charge in [-0.25, -0.2) is 14.5 Å². The molecule has 31 heavy (non-hydrogen) atoms. The number of hydrogen-bond acceptors (Lipinski definition) is 6. The van der Waals surface area contributed by atoms with Crippen LogP contribution >= 0.6 is 0 Å². The van der Waals surface area contributed by atoms with Crippen LogP contribution in [0.5, 0.6) is 0 Å². The summed E-state index contributed by atoms with van der Waals surface area (Å²) in [6, 6.07) is 17.4. The molecule has 0 N–H and O–H groups in total. The van der Waals surface area contributed by atoms with E-state index in [0.29, 0.717) is 12.2 Å². The van der Waals surface area contributed by atoms with Gasteiger partial charge in [0, 0.05) is 11.8 Å². The van der Waals surface area contributed by atoms with E-state index in [0.717, 1.165) is 21.6 Å². The Kier molecular flexibility index (Phi) is 5.79. The van der Waals surface area contributed by atoms with Crippen molar-refractivity contribution >= 4 is 18.0 Å². The number of nitrogens with zero attached hydrogens (tertiary/aromatic N) is 3. The van der Waals surface area contributed by atoms with Crippen LogP contribution in [0.3, 0.4) is 0 Å². The molecule has 8 nitrogen and oxygen atoms in total. The van der Waals surface area contributed by atoms with Gasteiger partial charge in [-0.05, 0) is 12.5 Å². The zero-order chi connectivity index (χ0) is 21.8. The van der Waals surface area contributed by atoms with Crippen molar-refractivity contribution in [2.24, 2.45) is 0 Å². The molecule has 1 aliphatic rings. The lowest BCUT2D eigenvalue weighted by Crippen LogP contribution is -2.35. The predicted molar refractivity (Wildman–Crippen MR) is 111 cm³/mol. The normalized spacial score (nSPS) is 13.2. The third-order valence-corrected chi connectivity index (χ3v) is 4.88. The molecule has 2 amide bonds. The number of carbonyl (C=O) groups excluding carboxylic acids is 3. The Bertz CT molecular complexity index is 1110. The number of aromatic nitrogens is 2. The van der Waals surface area contributed by atoms with Crippen LogP contribution in [0.15, 0.2) is 60.8 Å². The minimum Gasteiger partial charge on any atom is -0.452 e. The summed E-state index contributed by atoms with van der Waals surface area (Å²) < 4.78 is 11.6. The number of cyclic esters (lactones) is 1. The van der Waals surface area contributed by atoms with Crippen LogP contribution in [0, 0.1) is 6.92 Å². The Morgan fingerprint density at radius 3 is 2.52 bits per heavy atom. The molecule has 1 aromatic heterocycles. The van der Waals surface area contributed by atoms with E-state index in [-0.39, 0.29) is 18.7 Å². The van der Waals surface area contributed by atoms with E-state index in [9.17, 15) is 14.4 Å². The van der Waals surface area contributed by atoms with Gasteiger partial charge < -0.3 is 9.47 Å². The second kappa shape index (κ2) is 8.83. The van der Waals surface area contributed by atoms with E-state index in [1.807, 2.05) is 61.5 Å². The molecule has 8 heteroatoms. The van der Waals surface area contributed by atoms with Gasteiger partial charge in [-0.1, -0.05) is 60.2 Å². The first-order valence-corrected chi connectivity index (χ1v) is 9.84. The van der Waals surface area contributed by atoms with E-state index in [2.05, 4.69) is 5.10 Å². The maximum absolute atomic E-state index is 12.8. The quantitative estimate of drug-likeness (QED) is 0.571.